The van der Waals surface area contributed by atoms with E-state index in [-0.39, 0.29) is 12.2 Å². The molecule has 1 unspecified atom stereocenters. The number of carboxylic acids is 1. The number of ether oxygens (including phenoxy) is 1. The number of hydrogen-bond donors (Lipinski definition) is 1. The molecule has 0 fully saturated rings. The van der Waals surface area contributed by atoms with Crippen LogP contribution in [0.3, 0.4) is 0 Å². The maximum absolute atomic E-state index is 12.5. The Labute approximate surface area is 134 Å². The molecule has 118 valence electrons. The zero-order valence-electron chi connectivity index (χ0n) is 12.9. The Morgan fingerprint density at radius 1 is 1.22 bits per heavy atom. The lowest BCUT2D eigenvalue weighted by Crippen LogP contribution is -2.12. The highest BCUT2D eigenvalue weighted by Gasteiger charge is 2.25. The maximum atomic E-state index is 12.5. The Hall–Kier alpha value is -2.62. The molecule has 0 aliphatic carbocycles. The van der Waals surface area contributed by atoms with Crippen molar-refractivity contribution in [2.24, 2.45) is 0 Å². The van der Waals surface area contributed by atoms with Crippen LogP contribution < -0.4 is 4.74 Å². The molecule has 0 aromatic heterocycles. The minimum atomic E-state index is -0.864. The van der Waals surface area contributed by atoms with Gasteiger partial charge in [-0.2, -0.15) is 0 Å². The predicted octanol–water partition coefficient (Wildman–Crippen LogP) is 4.19. The van der Waals surface area contributed by atoms with Crippen LogP contribution in [-0.4, -0.2) is 16.9 Å². The molecule has 1 aliphatic rings. The molecule has 2 aromatic carbocycles. The van der Waals surface area contributed by atoms with Crippen molar-refractivity contribution in [1.29, 1.82) is 0 Å². The monoisotopic (exact) mass is 310 g/mol. The van der Waals surface area contributed by atoms with Gasteiger partial charge in [0.25, 0.3) is 0 Å². The number of rotatable bonds is 4. The summed E-state index contributed by atoms with van der Waals surface area (Å²) >= 11 is 0. The van der Waals surface area contributed by atoms with E-state index in [2.05, 4.69) is 0 Å². The molecule has 1 N–H and O–H groups in total. The minimum absolute atomic E-state index is 0.0487. The summed E-state index contributed by atoms with van der Waals surface area (Å²) in [7, 11) is 0. The second-order valence-corrected chi connectivity index (χ2v) is 5.74. The van der Waals surface area contributed by atoms with E-state index in [1.165, 1.54) is 0 Å². The number of ketones is 1. The molecule has 23 heavy (non-hydrogen) atoms. The van der Waals surface area contributed by atoms with Crippen molar-refractivity contribution < 1.29 is 19.4 Å². The standard InChI is InChI=1S/C19H18O4/c1-2-5-14(19(21)22)12-8-9-18-15(10-12)16(20)11-13-6-3-4-7-17(13)23-18/h3-4,6-10,14H,2,5,11H2,1H3,(H,21,22). The second kappa shape index (κ2) is 6.24. The molecule has 0 saturated heterocycles. The zero-order chi connectivity index (χ0) is 16.4. The third kappa shape index (κ3) is 2.97. The average Bonchev–Trinajstić information content (AvgIpc) is 2.68. The van der Waals surface area contributed by atoms with Crippen LogP contribution in [0.25, 0.3) is 0 Å². The number of hydrogen-bond acceptors (Lipinski definition) is 3. The van der Waals surface area contributed by atoms with E-state index in [0.29, 0.717) is 29.0 Å². The SMILES string of the molecule is CCCC(C(=O)O)c1ccc2c(c1)C(=O)Cc1ccccc1O2. The number of Topliss-reactive ketones (excluding diaryl/α,β-unsaturated/α-hetero) is 1. The van der Waals surface area contributed by atoms with Gasteiger partial charge in [-0.05, 0) is 30.2 Å². The molecule has 0 amide bonds. The van der Waals surface area contributed by atoms with Gasteiger partial charge >= 0.3 is 5.97 Å². The van der Waals surface area contributed by atoms with Crippen molar-refractivity contribution in [3.05, 3.63) is 59.2 Å². The van der Waals surface area contributed by atoms with E-state index in [0.717, 1.165) is 12.0 Å². The molecule has 0 spiro atoms. The summed E-state index contributed by atoms with van der Waals surface area (Å²) in [6.07, 6.45) is 1.57. The fourth-order valence-electron chi connectivity index (χ4n) is 2.93. The molecule has 0 saturated carbocycles. The molecule has 4 nitrogen and oxygen atoms in total. The average molecular weight is 310 g/mol. The van der Waals surface area contributed by atoms with Gasteiger partial charge in [0.15, 0.2) is 5.78 Å². The number of carbonyl (C=O) groups is 2. The van der Waals surface area contributed by atoms with Crippen molar-refractivity contribution >= 4 is 11.8 Å². The molecule has 2 aromatic rings. The van der Waals surface area contributed by atoms with Gasteiger partial charge in [0.1, 0.15) is 11.5 Å². The molecule has 3 rings (SSSR count). The van der Waals surface area contributed by atoms with Crippen LogP contribution in [-0.2, 0) is 11.2 Å². The van der Waals surface area contributed by atoms with Crippen molar-refractivity contribution in [2.45, 2.75) is 32.1 Å². The van der Waals surface area contributed by atoms with Gasteiger partial charge in [0, 0.05) is 12.0 Å². The predicted molar refractivity (Wildman–Crippen MR) is 86.3 cm³/mol. The maximum Gasteiger partial charge on any atom is 0.310 e. The Morgan fingerprint density at radius 2 is 2.00 bits per heavy atom. The first kappa shape index (κ1) is 15.3. The van der Waals surface area contributed by atoms with E-state index >= 15 is 0 Å². The van der Waals surface area contributed by atoms with E-state index in [4.69, 9.17) is 4.74 Å². The largest absolute Gasteiger partial charge is 0.481 e. The van der Waals surface area contributed by atoms with Crippen LogP contribution in [0, 0.1) is 0 Å². The van der Waals surface area contributed by atoms with Crippen LogP contribution in [0.5, 0.6) is 11.5 Å². The van der Waals surface area contributed by atoms with Crippen molar-refractivity contribution in [3.8, 4) is 11.5 Å². The van der Waals surface area contributed by atoms with Gasteiger partial charge in [-0.3, -0.25) is 9.59 Å². The number of benzene rings is 2. The van der Waals surface area contributed by atoms with Crippen LogP contribution in [0.4, 0.5) is 0 Å². The van der Waals surface area contributed by atoms with Gasteiger partial charge in [-0.25, -0.2) is 0 Å². The summed E-state index contributed by atoms with van der Waals surface area (Å²) in [6, 6.07) is 12.6. The fraction of sp³-hybridized carbons (Fsp3) is 0.263. The fourth-order valence-corrected chi connectivity index (χ4v) is 2.93. The molecule has 1 aliphatic heterocycles. The Balaban J connectivity index is 2.02. The van der Waals surface area contributed by atoms with Gasteiger partial charge < -0.3 is 9.84 Å². The first-order valence-electron chi connectivity index (χ1n) is 7.76. The van der Waals surface area contributed by atoms with Crippen LogP contribution in [0.1, 0.15) is 47.2 Å². The van der Waals surface area contributed by atoms with Crippen molar-refractivity contribution in [3.63, 3.8) is 0 Å². The Bertz CT molecular complexity index is 764. The third-order valence-corrected chi connectivity index (χ3v) is 4.13. The highest BCUT2D eigenvalue weighted by atomic mass is 16.5. The molecule has 1 atom stereocenters. The van der Waals surface area contributed by atoms with Gasteiger partial charge in [0.05, 0.1) is 11.5 Å². The summed E-state index contributed by atoms with van der Waals surface area (Å²) in [5.41, 5.74) is 1.96. The zero-order valence-corrected chi connectivity index (χ0v) is 12.9. The Kier molecular flexibility index (Phi) is 4.15. The topological polar surface area (TPSA) is 63.6 Å². The third-order valence-electron chi connectivity index (χ3n) is 4.13. The van der Waals surface area contributed by atoms with Gasteiger partial charge in [-0.1, -0.05) is 37.6 Å². The lowest BCUT2D eigenvalue weighted by atomic mass is 9.91. The summed E-state index contributed by atoms with van der Waals surface area (Å²) in [5.74, 6) is -0.340. The molecule has 0 radical (unpaired) electrons. The number of para-hydroxylation sites is 1. The van der Waals surface area contributed by atoms with Crippen LogP contribution >= 0.6 is 0 Å². The lowest BCUT2D eigenvalue weighted by Gasteiger charge is -2.14. The van der Waals surface area contributed by atoms with Gasteiger partial charge in [0.2, 0.25) is 0 Å². The first-order valence-corrected chi connectivity index (χ1v) is 7.76. The van der Waals surface area contributed by atoms with Crippen molar-refractivity contribution in [1.82, 2.24) is 0 Å². The Morgan fingerprint density at radius 3 is 2.74 bits per heavy atom. The van der Waals surface area contributed by atoms with E-state index in [1.54, 1.807) is 18.2 Å². The number of carboxylic acid groups (broad SMARTS) is 1. The molecule has 4 heteroatoms. The molecular formula is C19H18O4. The quantitative estimate of drug-likeness (QED) is 0.920. The van der Waals surface area contributed by atoms with Crippen LogP contribution in [0.15, 0.2) is 42.5 Å². The van der Waals surface area contributed by atoms with Crippen LogP contribution in [0.2, 0.25) is 0 Å². The molecule has 1 heterocycles. The smallest absolute Gasteiger partial charge is 0.310 e. The minimum Gasteiger partial charge on any atom is -0.481 e. The highest BCUT2D eigenvalue weighted by Crippen LogP contribution is 2.35. The lowest BCUT2D eigenvalue weighted by molar-refractivity contribution is -0.139. The first-order chi connectivity index (χ1) is 11.1. The number of fused-ring (bicyclic) bond motifs is 2. The highest BCUT2D eigenvalue weighted by molar-refractivity contribution is 6.01. The molecular weight excluding hydrogens is 292 g/mol. The van der Waals surface area contributed by atoms with E-state index in [9.17, 15) is 14.7 Å². The van der Waals surface area contributed by atoms with Crippen molar-refractivity contribution in [2.75, 3.05) is 0 Å². The van der Waals surface area contributed by atoms with E-state index < -0.39 is 11.9 Å². The summed E-state index contributed by atoms with van der Waals surface area (Å²) in [6.45, 7) is 1.95. The second-order valence-electron chi connectivity index (χ2n) is 5.74. The number of aliphatic carboxylic acids is 1. The van der Waals surface area contributed by atoms with E-state index in [1.807, 2.05) is 31.2 Å². The van der Waals surface area contributed by atoms with Gasteiger partial charge in [-0.15, -0.1) is 0 Å². The summed E-state index contributed by atoms with van der Waals surface area (Å²) in [4.78, 5) is 24.0. The summed E-state index contributed by atoms with van der Waals surface area (Å²) < 4.78 is 5.86. The molecule has 0 bridgehead atoms. The normalized spacial score (nSPS) is 14.2. The summed E-state index contributed by atoms with van der Waals surface area (Å²) in [5, 5.41) is 9.41. The number of carbonyl (C=O) groups excluding carboxylic acids is 1.